The van der Waals surface area contributed by atoms with Gasteiger partial charge in [0.2, 0.25) is 0 Å². The molecule has 0 unspecified atom stereocenters. The highest BCUT2D eigenvalue weighted by molar-refractivity contribution is 6.32. The smallest absolute Gasteiger partial charge is 0.272 e. The van der Waals surface area contributed by atoms with Crippen LogP contribution in [0.5, 0.6) is 5.75 Å². The lowest BCUT2D eigenvalue weighted by atomic mass is 10.2. The maximum Gasteiger partial charge on any atom is 0.272 e. The topological polar surface area (TPSA) is 29.5 Å². The zero-order valence-electron chi connectivity index (χ0n) is 7.21. The van der Waals surface area contributed by atoms with Crippen molar-refractivity contribution >= 4 is 11.6 Å². The van der Waals surface area contributed by atoms with E-state index in [1.54, 1.807) is 6.07 Å². The van der Waals surface area contributed by atoms with Crippen LogP contribution in [0.4, 0.5) is 8.78 Å². The van der Waals surface area contributed by atoms with Crippen molar-refractivity contribution in [1.82, 2.24) is 0 Å². The number of hydrogen-bond acceptors (Lipinski definition) is 2. The number of alkyl halides is 2. The predicted molar refractivity (Wildman–Crippen MR) is 48.9 cm³/mol. The summed E-state index contributed by atoms with van der Waals surface area (Å²) >= 11 is 5.71. The summed E-state index contributed by atoms with van der Waals surface area (Å²) in [5, 5.41) is 8.97. The second kappa shape index (κ2) is 5.12. The fourth-order valence-corrected chi connectivity index (χ4v) is 1.17. The van der Waals surface area contributed by atoms with E-state index in [9.17, 15) is 8.78 Å². The quantitative estimate of drug-likeness (QED) is 0.848. The summed E-state index contributed by atoms with van der Waals surface area (Å²) < 4.78 is 28.3. The van der Waals surface area contributed by atoms with Gasteiger partial charge in [-0.3, -0.25) is 0 Å². The molecule has 1 N–H and O–H groups in total. The van der Waals surface area contributed by atoms with Crippen molar-refractivity contribution in [1.29, 1.82) is 0 Å². The van der Waals surface area contributed by atoms with Crippen LogP contribution in [0.2, 0.25) is 5.02 Å². The average Bonchev–Trinajstić information content (AvgIpc) is 2.15. The van der Waals surface area contributed by atoms with Crippen LogP contribution in [0.25, 0.3) is 0 Å². The zero-order chi connectivity index (χ0) is 10.6. The van der Waals surface area contributed by atoms with E-state index in [0.29, 0.717) is 5.56 Å². The molecule has 0 spiro atoms. The first-order valence-electron chi connectivity index (χ1n) is 3.93. The van der Waals surface area contributed by atoms with E-state index in [-0.39, 0.29) is 17.4 Å². The van der Waals surface area contributed by atoms with E-state index >= 15 is 0 Å². The molecule has 5 heteroatoms. The molecule has 0 aliphatic heterocycles. The maximum absolute atomic E-state index is 11.8. The van der Waals surface area contributed by atoms with Crippen LogP contribution < -0.4 is 4.74 Å². The minimum atomic E-state index is -2.52. The molecular formula is C9H9ClF2O2. The van der Waals surface area contributed by atoms with Crippen molar-refractivity contribution in [3.8, 4) is 5.75 Å². The minimum Gasteiger partial charge on any atom is -0.486 e. The number of aliphatic hydroxyl groups is 1. The van der Waals surface area contributed by atoms with Gasteiger partial charge in [0.15, 0.2) is 0 Å². The number of ether oxygens (including phenoxy) is 1. The van der Waals surface area contributed by atoms with Gasteiger partial charge in [-0.1, -0.05) is 17.7 Å². The standard InChI is InChI=1S/C9H9ClF2O2/c10-7-3-6(4-13)1-2-8(7)14-5-9(11)12/h1-3,9,13H,4-5H2. The van der Waals surface area contributed by atoms with Crippen molar-refractivity contribution in [2.75, 3.05) is 6.61 Å². The van der Waals surface area contributed by atoms with Crippen LogP contribution in [-0.2, 0) is 6.61 Å². The maximum atomic E-state index is 11.8. The van der Waals surface area contributed by atoms with Crippen LogP contribution in [0.15, 0.2) is 18.2 Å². The summed E-state index contributed by atoms with van der Waals surface area (Å²) in [6.07, 6.45) is -2.52. The molecule has 0 saturated heterocycles. The third kappa shape index (κ3) is 3.12. The van der Waals surface area contributed by atoms with Gasteiger partial charge in [-0.15, -0.1) is 0 Å². The highest BCUT2D eigenvalue weighted by atomic mass is 35.5. The molecule has 0 bridgehead atoms. The van der Waals surface area contributed by atoms with Crippen molar-refractivity contribution in [3.63, 3.8) is 0 Å². The first-order valence-corrected chi connectivity index (χ1v) is 4.31. The van der Waals surface area contributed by atoms with Gasteiger partial charge in [0.1, 0.15) is 12.4 Å². The summed E-state index contributed by atoms with van der Waals surface area (Å²) in [5.74, 6) is 0.198. The first kappa shape index (κ1) is 11.2. The van der Waals surface area contributed by atoms with Gasteiger partial charge in [0, 0.05) is 0 Å². The molecule has 0 aromatic heterocycles. The van der Waals surface area contributed by atoms with E-state index < -0.39 is 13.0 Å². The van der Waals surface area contributed by atoms with Gasteiger partial charge in [-0.05, 0) is 17.7 Å². The third-order valence-corrected chi connectivity index (χ3v) is 1.84. The molecule has 1 aromatic rings. The Balaban J connectivity index is 2.69. The van der Waals surface area contributed by atoms with Crippen LogP contribution in [0.1, 0.15) is 5.56 Å². The fraction of sp³-hybridized carbons (Fsp3) is 0.333. The van der Waals surface area contributed by atoms with E-state index in [1.165, 1.54) is 12.1 Å². The Hall–Kier alpha value is -0.870. The number of benzene rings is 1. The molecule has 1 aromatic carbocycles. The zero-order valence-corrected chi connectivity index (χ0v) is 7.97. The van der Waals surface area contributed by atoms with Crippen molar-refractivity contribution in [2.24, 2.45) is 0 Å². The Labute approximate surface area is 85.1 Å². The molecule has 1 rings (SSSR count). The molecule has 0 aliphatic rings. The van der Waals surface area contributed by atoms with Gasteiger partial charge in [-0.25, -0.2) is 8.78 Å². The highest BCUT2D eigenvalue weighted by Gasteiger charge is 2.06. The lowest BCUT2D eigenvalue weighted by Gasteiger charge is -2.07. The second-order valence-electron chi connectivity index (χ2n) is 2.62. The number of halogens is 3. The summed E-state index contributed by atoms with van der Waals surface area (Å²) in [6, 6.07) is 4.49. The van der Waals surface area contributed by atoms with Gasteiger partial charge in [0.05, 0.1) is 11.6 Å². The highest BCUT2D eigenvalue weighted by Crippen LogP contribution is 2.25. The molecule has 0 saturated carbocycles. The van der Waals surface area contributed by atoms with Gasteiger partial charge < -0.3 is 9.84 Å². The van der Waals surface area contributed by atoms with Crippen LogP contribution in [-0.4, -0.2) is 18.1 Å². The van der Waals surface area contributed by atoms with Gasteiger partial charge in [0.25, 0.3) is 6.43 Å². The number of hydrogen-bond donors (Lipinski definition) is 1. The SMILES string of the molecule is OCc1ccc(OCC(F)F)c(Cl)c1. The summed E-state index contributed by atoms with van der Waals surface area (Å²) in [6.45, 7) is -0.826. The Morgan fingerprint density at radius 3 is 2.64 bits per heavy atom. The van der Waals surface area contributed by atoms with Crippen LogP contribution in [0, 0.1) is 0 Å². The Morgan fingerprint density at radius 1 is 1.43 bits per heavy atom. The number of rotatable bonds is 4. The van der Waals surface area contributed by atoms with Crippen LogP contribution >= 0.6 is 11.6 Å². The Kier molecular flexibility index (Phi) is 4.10. The molecule has 0 fully saturated rings. The van der Waals surface area contributed by atoms with E-state index in [2.05, 4.69) is 0 Å². The number of aliphatic hydroxyl groups excluding tert-OH is 1. The molecule has 0 amide bonds. The van der Waals surface area contributed by atoms with E-state index in [1.807, 2.05) is 0 Å². The molecule has 78 valence electrons. The van der Waals surface area contributed by atoms with E-state index in [4.69, 9.17) is 21.4 Å². The molecular weight excluding hydrogens is 214 g/mol. The van der Waals surface area contributed by atoms with Crippen molar-refractivity contribution in [3.05, 3.63) is 28.8 Å². The van der Waals surface area contributed by atoms with E-state index in [0.717, 1.165) is 0 Å². The normalized spacial score (nSPS) is 10.6. The fourth-order valence-electron chi connectivity index (χ4n) is 0.913. The molecule has 0 aliphatic carbocycles. The third-order valence-electron chi connectivity index (χ3n) is 1.54. The van der Waals surface area contributed by atoms with Gasteiger partial charge in [-0.2, -0.15) is 0 Å². The molecule has 0 radical (unpaired) electrons. The first-order chi connectivity index (χ1) is 6.63. The lowest BCUT2D eigenvalue weighted by Crippen LogP contribution is -2.07. The average molecular weight is 223 g/mol. The molecule has 0 heterocycles. The van der Waals surface area contributed by atoms with Crippen LogP contribution in [0.3, 0.4) is 0 Å². The molecule has 0 atom stereocenters. The summed E-state index contributed by atoms with van der Waals surface area (Å²) in [7, 11) is 0. The monoisotopic (exact) mass is 222 g/mol. The largest absolute Gasteiger partial charge is 0.486 e. The lowest BCUT2D eigenvalue weighted by molar-refractivity contribution is 0.0819. The van der Waals surface area contributed by atoms with Crippen molar-refractivity contribution < 1.29 is 18.6 Å². The summed E-state index contributed by atoms with van der Waals surface area (Å²) in [5.41, 5.74) is 0.611. The summed E-state index contributed by atoms with van der Waals surface area (Å²) in [4.78, 5) is 0. The second-order valence-corrected chi connectivity index (χ2v) is 3.03. The molecule has 14 heavy (non-hydrogen) atoms. The van der Waals surface area contributed by atoms with Gasteiger partial charge >= 0.3 is 0 Å². The molecule has 2 nitrogen and oxygen atoms in total. The Morgan fingerprint density at radius 2 is 2.14 bits per heavy atom. The van der Waals surface area contributed by atoms with Crippen molar-refractivity contribution in [2.45, 2.75) is 13.0 Å². The Bertz CT molecular complexity index is 305. The predicted octanol–water partition coefficient (Wildman–Crippen LogP) is 2.48. The minimum absolute atomic E-state index is 0.144.